The van der Waals surface area contributed by atoms with Crippen molar-refractivity contribution in [3.8, 4) is 6.07 Å². The number of anilines is 12. The van der Waals surface area contributed by atoms with E-state index in [-0.39, 0.29) is 0 Å². The number of para-hydroxylation sites is 8. The van der Waals surface area contributed by atoms with Crippen molar-refractivity contribution in [1.82, 2.24) is 4.98 Å². The topological polar surface area (TPSA) is 49.6 Å². The molecule has 0 spiro atoms. The maximum Gasteiger partial charge on any atom is 0.166 e. The van der Waals surface area contributed by atoms with Gasteiger partial charge >= 0.3 is 0 Å². The van der Waals surface area contributed by atoms with Gasteiger partial charge in [0.05, 0.1) is 28.4 Å². The zero-order chi connectivity index (χ0) is 45.1. The minimum absolute atomic E-state index is 0.498. The minimum Gasteiger partial charge on any atom is -0.306 e. The molecule has 0 atom stereocenters. The van der Waals surface area contributed by atoms with Crippen LogP contribution in [-0.2, 0) is 51.4 Å². The molecule has 326 valence electrons. The summed E-state index contributed by atoms with van der Waals surface area (Å²) in [5.41, 5.74) is 20.5. The Labute approximate surface area is 398 Å². The first-order valence-electron chi connectivity index (χ1n) is 24.1. The number of aromatic nitrogens is 1. The molecule has 6 heteroatoms. The molecular weight excluding hydrogens is 829 g/mol. The van der Waals surface area contributed by atoms with Gasteiger partial charge in [-0.2, -0.15) is 5.26 Å². The number of aryl methyl sites for hydroxylation is 8. The van der Waals surface area contributed by atoms with Gasteiger partial charge in [0.15, 0.2) is 11.6 Å². The predicted molar refractivity (Wildman–Crippen MR) is 277 cm³/mol. The predicted octanol–water partition coefficient (Wildman–Crippen LogP) is 15.2. The summed E-state index contributed by atoms with van der Waals surface area (Å²) < 4.78 is 0. The smallest absolute Gasteiger partial charge is 0.166 e. The molecule has 0 amide bonds. The van der Waals surface area contributed by atoms with Crippen LogP contribution < -0.4 is 19.6 Å². The Morgan fingerprint density at radius 1 is 0.279 bits per heavy atom. The van der Waals surface area contributed by atoms with Gasteiger partial charge in [-0.3, -0.25) is 9.80 Å². The van der Waals surface area contributed by atoms with E-state index in [0.29, 0.717) is 11.4 Å². The highest BCUT2D eigenvalue weighted by Crippen LogP contribution is 2.59. The largest absolute Gasteiger partial charge is 0.306 e. The standard InChI is InChI=1S/C62H48N6/c63-41-50-59(65-51-25-9-1-17-42(51)33-34-43-18-2-10-26-52(43)65)60(66-53-27-11-3-19-44(53)35-36-45-20-4-12-28-54(45)66)62(68-57-31-15-7-23-48(57)39-40-49-24-8-16-32-58(49)68)64-61(50)67-55-29-13-5-21-46(55)37-38-47-22-6-14-30-56(47)67/h1-32H,33-40H2. The lowest BCUT2D eigenvalue weighted by molar-refractivity contribution is 0.977. The summed E-state index contributed by atoms with van der Waals surface area (Å²) in [6, 6.07) is 73.4. The number of hydrogen-bond acceptors (Lipinski definition) is 6. The maximum absolute atomic E-state index is 12.4. The molecule has 0 radical (unpaired) electrons. The number of rotatable bonds is 4. The van der Waals surface area contributed by atoms with Crippen LogP contribution in [0.4, 0.5) is 68.5 Å². The van der Waals surface area contributed by atoms with Crippen molar-refractivity contribution >= 4 is 68.5 Å². The van der Waals surface area contributed by atoms with Crippen molar-refractivity contribution in [3.05, 3.63) is 244 Å². The Kier molecular flexibility index (Phi) is 9.68. The monoisotopic (exact) mass is 876 g/mol. The molecule has 0 saturated heterocycles. The van der Waals surface area contributed by atoms with Crippen LogP contribution in [-0.4, -0.2) is 4.98 Å². The van der Waals surface area contributed by atoms with Gasteiger partial charge in [0, 0.05) is 22.7 Å². The SMILES string of the molecule is N#Cc1c(N2c3ccccc3CCc3ccccc32)nc(N2c3ccccc3CCc3ccccc32)c(N2c3ccccc3CCc3ccccc32)c1N1c2ccccc2CCc2ccccc21. The van der Waals surface area contributed by atoms with Crippen LogP contribution >= 0.6 is 0 Å². The van der Waals surface area contributed by atoms with Gasteiger partial charge in [0.25, 0.3) is 0 Å². The van der Waals surface area contributed by atoms with Crippen LogP contribution in [0.25, 0.3) is 0 Å². The van der Waals surface area contributed by atoms with Crippen molar-refractivity contribution in [1.29, 1.82) is 5.26 Å². The Morgan fingerprint density at radius 3 is 0.765 bits per heavy atom. The highest BCUT2D eigenvalue weighted by atomic mass is 15.3. The lowest BCUT2D eigenvalue weighted by Gasteiger charge is -2.40. The van der Waals surface area contributed by atoms with Crippen molar-refractivity contribution in [2.45, 2.75) is 51.4 Å². The van der Waals surface area contributed by atoms with E-state index in [1.807, 2.05) is 0 Å². The molecule has 1 aromatic heterocycles. The highest BCUT2D eigenvalue weighted by Gasteiger charge is 2.40. The zero-order valence-electron chi connectivity index (χ0n) is 37.8. The molecular formula is C62H48N6. The number of hydrogen-bond donors (Lipinski definition) is 0. The van der Waals surface area contributed by atoms with Gasteiger partial charge < -0.3 is 9.80 Å². The molecule has 13 rings (SSSR count). The van der Waals surface area contributed by atoms with Crippen LogP contribution in [0.15, 0.2) is 194 Å². The molecule has 0 saturated carbocycles. The van der Waals surface area contributed by atoms with Gasteiger partial charge in [0.2, 0.25) is 0 Å². The van der Waals surface area contributed by atoms with Gasteiger partial charge in [-0.15, -0.1) is 0 Å². The number of nitrogens with zero attached hydrogens (tertiary/aromatic N) is 6. The first kappa shape index (κ1) is 39.9. The molecule has 4 aliphatic heterocycles. The third-order valence-corrected chi connectivity index (χ3v) is 14.6. The molecule has 0 aliphatic carbocycles. The highest BCUT2D eigenvalue weighted by molar-refractivity contribution is 6.06. The molecule has 0 bridgehead atoms. The van der Waals surface area contributed by atoms with Crippen molar-refractivity contribution in [2.75, 3.05) is 19.6 Å². The summed E-state index contributed by atoms with van der Waals surface area (Å²) in [4.78, 5) is 15.8. The van der Waals surface area contributed by atoms with E-state index in [2.05, 4.69) is 220 Å². The number of benzene rings is 8. The van der Waals surface area contributed by atoms with Crippen LogP contribution in [0.5, 0.6) is 0 Å². The Morgan fingerprint density at radius 2 is 0.500 bits per heavy atom. The van der Waals surface area contributed by atoms with E-state index in [4.69, 9.17) is 4.98 Å². The maximum atomic E-state index is 12.4. The van der Waals surface area contributed by atoms with Crippen LogP contribution in [0.3, 0.4) is 0 Å². The third-order valence-electron chi connectivity index (χ3n) is 14.6. The minimum atomic E-state index is 0.498. The summed E-state index contributed by atoms with van der Waals surface area (Å²) in [5.74, 6) is 1.35. The third kappa shape index (κ3) is 6.42. The molecule has 6 nitrogen and oxygen atoms in total. The molecule has 68 heavy (non-hydrogen) atoms. The average molecular weight is 877 g/mol. The molecule has 4 aliphatic rings. The summed E-state index contributed by atoms with van der Waals surface area (Å²) in [5, 5.41) is 12.4. The zero-order valence-corrected chi connectivity index (χ0v) is 37.8. The Balaban J connectivity index is 1.28. The fourth-order valence-electron chi connectivity index (χ4n) is 11.4. The summed E-state index contributed by atoms with van der Waals surface area (Å²) in [6.45, 7) is 0. The Bertz CT molecular complexity index is 3300. The summed E-state index contributed by atoms with van der Waals surface area (Å²) >= 11 is 0. The molecule has 8 aromatic carbocycles. The fourth-order valence-corrected chi connectivity index (χ4v) is 11.4. The van der Waals surface area contributed by atoms with Crippen molar-refractivity contribution in [3.63, 3.8) is 0 Å². The normalized spacial score (nSPS) is 14.5. The lowest BCUT2D eigenvalue weighted by Crippen LogP contribution is -2.26. The van der Waals surface area contributed by atoms with Gasteiger partial charge in [-0.1, -0.05) is 146 Å². The number of fused-ring (bicyclic) bond motifs is 8. The second-order valence-corrected chi connectivity index (χ2v) is 18.3. The van der Waals surface area contributed by atoms with Crippen molar-refractivity contribution < 1.29 is 0 Å². The van der Waals surface area contributed by atoms with E-state index in [0.717, 1.165) is 114 Å². The first-order chi connectivity index (χ1) is 33.7. The van der Waals surface area contributed by atoms with E-state index < -0.39 is 0 Å². The Hall–Kier alpha value is -8.40. The lowest BCUT2D eigenvalue weighted by atomic mass is 10.0. The van der Waals surface area contributed by atoms with E-state index in [9.17, 15) is 5.26 Å². The number of pyridine rings is 1. The number of nitriles is 1. The van der Waals surface area contributed by atoms with E-state index in [1.165, 1.54) is 44.5 Å². The molecule has 0 N–H and O–H groups in total. The first-order valence-corrected chi connectivity index (χ1v) is 24.1. The summed E-state index contributed by atoms with van der Waals surface area (Å²) in [7, 11) is 0. The van der Waals surface area contributed by atoms with E-state index >= 15 is 0 Å². The second kappa shape index (κ2) is 16.5. The summed E-state index contributed by atoms with van der Waals surface area (Å²) in [6.07, 6.45) is 6.96. The quantitative estimate of drug-likeness (QED) is 0.176. The molecule has 9 aromatic rings. The van der Waals surface area contributed by atoms with Crippen molar-refractivity contribution in [2.24, 2.45) is 0 Å². The second-order valence-electron chi connectivity index (χ2n) is 18.3. The average Bonchev–Trinajstić information content (AvgIpc) is 3.83. The van der Waals surface area contributed by atoms with Gasteiger partial charge in [-0.25, -0.2) is 4.98 Å². The fraction of sp³-hybridized carbons (Fsp3) is 0.129. The van der Waals surface area contributed by atoms with Gasteiger partial charge in [0.1, 0.15) is 17.3 Å². The molecule has 5 heterocycles. The van der Waals surface area contributed by atoms with Crippen LogP contribution in [0.2, 0.25) is 0 Å². The van der Waals surface area contributed by atoms with Crippen LogP contribution in [0.1, 0.15) is 50.1 Å². The molecule has 0 fully saturated rings. The molecule has 0 unspecified atom stereocenters. The van der Waals surface area contributed by atoms with E-state index in [1.54, 1.807) is 0 Å². The van der Waals surface area contributed by atoms with Crippen LogP contribution in [0, 0.1) is 11.3 Å². The van der Waals surface area contributed by atoms with Gasteiger partial charge in [-0.05, 0) is 144 Å².